The lowest BCUT2D eigenvalue weighted by Gasteiger charge is -2.43. The van der Waals surface area contributed by atoms with Gasteiger partial charge in [0.1, 0.15) is 18.0 Å². The van der Waals surface area contributed by atoms with Crippen LogP contribution in [-0.2, 0) is 0 Å². The van der Waals surface area contributed by atoms with Crippen molar-refractivity contribution < 1.29 is 0 Å². The Morgan fingerprint density at radius 2 is 1.77 bits per heavy atom. The third-order valence-corrected chi connectivity index (χ3v) is 7.83. The van der Waals surface area contributed by atoms with Crippen molar-refractivity contribution in [1.29, 1.82) is 0 Å². The zero-order valence-corrected chi connectivity index (χ0v) is 21.1. The van der Waals surface area contributed by atoms with Crippen LogP contribution in [0.2, 0.25) is 0 Å². The van der Waals surface area contributed by atoms with E-state index >= 15 is 0 Å². The summed E-state index contributed by atoms with van der Waals surface area (Å²) >= 11 is 0. The van der Waals surface area contributed by atoms with Crippen LogP contribution >= 0.6 is 0 Å². The van der Waals surface area contributed by atoms with E-state index in [2.05, 4.69) is 53.9 Å². The summed E-state index contributed by atoms with van der Waals surface area (Å²) in [5, 5.41) is 6.99. The first-order chi connectivity index (χ1) is 17.2. The number of H-pyrrole nitrogens is 1. The zero-order chi connectivity index (χ0) is 24.0. The second-order valence-corrected chi connectivity index (χ2v) is 10.1. The number of nitrogens with two attached hydrogens (primary N) is 1. The summed E-state index contributed by atoms with van der Waals surface area (Å²) in [6.07, 6.45) is 19.1. The maximum atomic E-state index is 6.27. The number of allylic oxidation sites excluding steroid dienone is 3. The maximum Gasteiger partial charge on any atom is 0.142 e. The molecule has 2 aromatic rings. The fourth-order valence-corrected chi connectivity index (χ4v) is 5.74. The van der Waals surface area contributed by atoms with E-state index in [-0.39, 0.29) is 0 Å². The molecule has 1 unspecified atom stereocenters. The van der Waals surface area contributed by atoms with Crippen LogP contribution in [-0.4, -0.2) is 81.8 Å². The standard InChI is InChI=1S/C27H40N8/c1-2-6-21-7-3-4-8-22(21)9-10-24(19-33-11-5-12-33)34-13-15-35(16-14-34)27-25(23-17-31-32-18-23)26(28)29-20-30-27/h6,9,17-18,20,24H,2-5,7-8,10-16,19H2,1H3,(H,31,32)(H2,28,29,30)/b21-6-,22-9-. The molecule has 2 aromatic heterocycles. The first kappa shape index (κ1) is 24.0. The van der Waals surface area contributed by atoms with Crippen molar-refractivity contribution in [3.8, 4) is 11.1 Å². The highest BCUT2D eigenvalue weighted by Gasteiger charge is 2.29. The van der Waals surface area contributed by atoms with Crippen LogP contribution in [0.3, 0.4) is 0 Å². The molecule has 35 heavy (non-hydrogen) atoms. The summed E-state index contributed by atoms with van der Waals surface area (Å²) in [4.78, 5) is 16.6. The van der Waals surface area contributed by atoms with Crippen LogP contribution in [0.15, 0.2) is 42.0 Å². The van der Waals surface area contributed by atoms with Crippen molar-refractivity contribution in [2.24, 2.45) is 0 Å². The van der Waals surface area contributed by atoms with Gasteiger partial charge in [0.2, 0.25) is 0 Å². The number of nitrogens with one attached hydrogen (secondary N) is 1. The SMILES string of the molecule is CC/C=C1/CCCC/C1=C/CC(CN1CCC1)N1CCN(c2ncnc(N)c2-c2cn[nH]c2)CC1. The Morgan fingerprint density at radius 1 is 1.00 bits per heavy atom. The number of nitrogens with zero attached hydrogens (tertiary/aromatic N) is 6. The van der Waals surface area contributed by atoms with Gasteiger partial charge in [-0.25, -0.2) is 9.97 Å². The van der Waals surface area contributed by atoms with Crippen LogP contribution in [0.5, 0.6) is 0 Å². The van der Waals surface area contributed by atoms with Gasteiger partial charge in [0.05, 0.1) is 11.8 Å². The Morgan fingerprint density at radius 3 is 2.43 bits per heavy atom. The summed E-state index contributed by atoms with van der Waals surface area (Å²) in [7, 11) is 0. The maximum absolute atomic E-state index is 6.27. The molecular weight excluding hydrogens is 436 g/mol. The summed E-state index contributed by atoms with van der Waals surface area (Å²) < 4.78 is 0. The Kier molecular flexibility index (Phi) is 7.79. The van der Waals surface area contributed by atoms with E-state index in [9.17, 15) is 0 Å². The van der Waals surface area contributed by atoms with Crippen molar-refractivity contribution >= 4 is 11.6 Å². The average Bonchev–Trinajstić information content (AvgIpc) is 3.39. The third kappa shape index (κ3) is 5.59. The number of nitrogen functional groups attached to an aromatic ring is 1. The quantitative estimate of drug-likeness (QED) is 0.598. The minimum Gasteiger partial charge on any atom is -0.383 e. The van der Waals surface area contributed by atoms with Gasteiger partial charge in [0.15, 0.2) is 0 Å². The molecule has 2 saturated heterocycles. The molecule has 1 aliphatic carbocycles. The van der Waals surface area contributed by atoms with Crippen LogP contribution in [0.25, 0.3) is 11.1 Å². The summed E-state index contributed by atoms with van der Waals surface area (Å²) in [6.45, 7) is 9.89. The van der Waals surface area contributed by atoms with Gasteiger partial charge in [-0.05, 0) is 69.2 Å². The van der Waals surface area contributed by atoms with Gasteiger partial charge >= 0.3 is 0 Å². The molecule has 3 fully saturated rings. The van der Waals surface area contributed by atoms with Crippen molar-refractivity contribution in [2.75, 3.05) is 56.4 Å². The number of hydrogen-bond donors (Lipinski definition) is 2. The molecule has 0 aromatic carbocycles. The van der Waals surface area contributed by atoms with Gasteiger partial charge in [-0.3, -0.25) is 10.00 Å². The van der Waals surface area contributed by atoms with E-state index in [1.165, 1.54) is 51.7 Å². The highest BCUT2D eigenvalue weighted by molar-refractivity contribution is 5.83. The molecule has 8 nitrogen and oxygen atoms in total. The third-order valence-electron chi connectivity index (χ3n) is 7.83. The molecule has 0 radical (unpaired) electrons. The molecule has 188 valence electrons. The van der Waals surface area contributed by atoms with Crippen LogP contribution in [0.4, 0.5) is 11.6 Å². The Bertz CT molecular complexity index is 1020. The van der Waals surface area contributed by atoms with E-state index in [0.717, 1.165) is 56.0 Å². The summed E-state index contributed by atoms with van der Waals surface area (Å²) in [6, 6.07) is 0.568. The number of anilines is 2. The van der Waals surface area contributed by atoms with Crippen molar-refractivity contribution in [3.63, 3.8) is 0 Å². The minimum atomic E-state index is 0.504. The highest BCUT2D eigenvalue weighted by Crippen LogP contribution is 2.33. The number of piperazine rings is 1. The second-order valence-electron chi connectivity index (χ2n) is 10.1. The Balaban J connectivity index is 1.28. The zero-order valence-electron chi connectivity index (χ0n) is 21.1. The first-order valence-corrected chi connectivity index (χ1v) is 13.4. The van der Waals surface area contributed by atoms with Gasteiger partial charge < -0.3 is 15.5 Å². The summed E-state index contributed by atoms with van der Waals surface area (Å²) in [5.41, 5.74) is 11.3. The average molecular weight is 477 g/mol. The topological polar surface area (TPSA) is 90.2 Å². The van der Waals surface area contributed by atoms with Crippen molar-refractivity contribution in [3.05, 3.63) is 42.0 Å². The smallest absolute Gasteiger partial charge is 0.142 e. The lowest BCUT2D eigenvalue weighted by atomic mass is 9.87. The number of aromatic nitrogens is 4. The van der Waals surface area contributed by atoms with E-state index in [1.54, 1.807) is 23.7 Å². The van der Waals surface area contributed by atoms with Crippen LogP contribution in [0.1, 0.15) is 51.9 Å². The van der Waals surface area contributed by atoms with Crippen LogP contribution in [0, 0.1) is 0 Å². The fourth-order valence-electron chi connectivity index (χ4n) is 5.74. The van der Waals surface area contributed by atoms with E-state index in [4.69, 9.17) is 5.73 Å². The van der Waals surface area contributed by atoms with Gasteiger partial charge in [0, 0.05) is 50.5 Å². The molecule has 1 atom stereocenters. The molecule has 0 spiro atoms. The molecular formula is C27H40N8. The van der Waals surface area contributed by atoms with Crippen LogP contribution < -0.4 is 10.6 Å². The second kappa shape index (κ2) is 11.4. The minimum absolute atomic E-state index is 0.504. The van der Waals surface area contributed by atoms with Gasteiger partial charge in [0.25, 0.3) is 0 Å². The Labute approximate surface area is 209 Å². The van der Waals surface area contributed by atoms with Crippen molar-refractivity contribution in [2.45, 2.75) is 57.9 Å². The van der Waals surface area contributed by atoms with Gasteiger partial charge in [-0.15, -0.1) is 0 Å². The molecule has 3 N–H and O–H groups in total. The predicted octanol–water partition coefficient (Wildman–Crippen LogP) is 3.87. The van der Waals surface area contributed by atoms with E-state index < -0.39 is 0 Å². The number of likely N-dealkylation sites (tertiary alicyclic amines) is 1. The fraction of sp³-hybridized carbons (Fsp3) is 0.593. The number of rotatable bonds is 8. The molecule has 5 rings (SSSR count). The molecule has 8 heteroatoms. The van der Waals surface area contributed by atoms with E-state index in [0.29, 0.717) is 11.9 Å². The normalized spacial score (nSPS) is 23.1. The number of hydrogen-bond acceptors (Lipinski definition) is 7. The molecule has 4 heterocycles. The monoisotopic (exact) mass is 476 g/mol. The van der Waals surface area contributed by atoms with Gasteiger partial charge in [-0.1, -0.05) is 19.1 Å². The lowest BCUT2D eigenvalue weighted by Crippen LogP contribution is -2.55. The Hall–Kier alpha value is -2.71. The van der Waals surface area contributed by atoms with Gasteiger partial charge in [-0.2, -0.15) is 5.10 Å². The lowest BCUT2D eigenvalue weighted by molar-refractivity contribution is 0.0976. The van der Waals surface area contributed by atoms with E-state index in [1.807, 2.05) is 6.20 Å². The number of aromatic amines is 1. The molecule has 2 aliphatic heterocycles. The largest absolute Gasteiger partial charge is 0.383 e. The van der Waals surface area contributed by atoms with Crippen molar-refractivity contribution in [1.82, 2.24) is 30.0 Å². The molecule has 0 amide bonds. The highest BCUT2D eigenvalue weighted by atomic mass is 15.3. The molecule has 0 bridgehead atoms. The summed E-state index contributed by atoms with van der Waals surface area (Å²) in [5.74, 6) is 1.42. The molecule has 3 aliphatic rings. The first-order valence-electron chi connectivity index (χ1n) is 13.4. The predicted molar refractivity (Wildman–Crippen MR) is 142 cm³/mol. The molecule has 1 saturated carbocycles.